The molecule has 0 saturated carbocycles. The smallest absolute Gasteiger partial charge is 0.259 e. The standard InChI is InChI=1S/C11H10ClN3O2/c1-3-7-4-9(16)15(6-7)10-11(17-2)14-8(12)5-13-10/h1,5,7H,4,6H2,2H3. The number of terminal acetylenes is 1. The van der Waals surface area contributed by atoms with Crippen LogP contribution in [-0.4, -0.2) is 29.5 Å². The number of rotatable bonds is 2. The molecule has 1 aliphatic heterocycles. The lowest BCUT2D eigenvalue weighted by atomic mass is 10.1. The van der Waals surface area contributed by atoms with E-state index in [1.807, 2.05) is 0 Å². The van der Waals surface area contributed by atoms with Gasteiger partial charge >= 0.3 is 0 Å². The molecule has 0 N–H and O–H groups in total. The first-order valence-corrected chi connectivity index (χ1v) is 5.36. The maximum atomic E-state index is 11.8. The molecular formula is C11H10ClN3O2. The van der Waals surface area contributed by atoms with Gasteiger partial charge in [-0.25, -0.2) is 4.98 Å². The molecule has 6 heteroatoms. The van der Waals surface area contributed by atoms with Crippen molar-refractivity contribution in [1.82, 2.24) is 9.97 Å². The number of ether oxygens (including phenoxy) is 1. The molecule has 1 unspecified atom stereocenters. The monoisotopic (exact) mass is 251 g/mol. The summed E-state index contributed by atoms with van der Waals surface area (Å²) in [5, 5.41) is 0.214. The van der Waals surface area contributed by atoms with Crippen LogP contribution in [-0.2, 0) is 4.79 Å². The zero-order chi connectivity index (χ0) is 12.4. The van der Waals surface area contributed by atoms with Crippen molar-refractivity contribution in [3.63, 3.8) is 0 Å². The van der Waals surface area contributed by atoms with Crippen LogP contribution in [0.4, 0.5) is 5.82 Å². The van der Waals surface area contributed by atoms with E-state index in [1.165, 1.54) is 18.2 Å². The molecule has 0 bridgehead atoms. The molecule has 5 nitrogen and oxygen atoms in total. The van der Waals surface area contributed by atoms with E-state index in [2.05, 4.69) is 15.9 Å². The minimum absolute atomic E-state index is 0.0807. The van der Waals surface area contributed by atoms with Crippen molar-refractivity contribution in [2.45, 2.75) is 6.42 Å². The number of hydrogen-bond acceptors (Lipinski definition) is 4. The summed E-state index contributed by atoms with van der Waals surface area (Å²) in [6.45, 7) is 0.433. The molecule has 0 spiro atoms. The van der Waals surface area contributed by atoms with Crippen molar-refractivity contribution in [2.24, 2.45) is 5.92 Å². The van der Waals surface area contributed by atoms with Gasteiger partial charge in [0.15, 0.2) is 11.0 Å². The van der Waals surface area contributed by atoms with Gasteiger partial charge in [-0.3, -0.25) is 9.69 Å². The minimum Gasteiger partial charge on any atom is -0.478 e. The third kappa shape index (κ3) is 2.17. The number of carbonyl (C=O) groups is 1. The van der Waals surface area contributed by atoms with Gasteiger partial charge in [-0.2, -0.15) is 4.98 Å². The molecule has 1 atom stereocenters. The van der Waals surface area contributed by atoms with Crippen LogP contribution in [0, 0.1) is 18.3 Å². The van der Waals surface area contributed by atoms with Crippen LogP contribution in [0.15, 0.2) is 6.20 Å². The molecule has 2 rings (SSSR count). The van der Waals surface area contributed by atoms with Crippen LogP contribution in [0.5, 0.6) is 5.88 Å². The van der Waals surface area contributed by atoms with E-state index in [0.717, 1.165) is 0 Å². The van der Waals surface area contributed by atoms with Gasteiger partial charge in [0.1, 0.15) is 0 Å². The van der Waals surface area contributed by atoms with E-state index in [-0.39, 0.29) is 22.9 Å². The van der Waals surface area contributed by atoms with Crippen molar-refractivity contribution in [3.8, 4) is 18.2 Å². The van der Waals surface area contributed by atoms with Crippen LogP contribution in [0.1, 0.15) is 6.42 Å². The number of methoxy groups -OCH3 is 1. The molecule has 17 heavy (non-hydrogen) atoms. The fourth-order valence-electron chi connectivity index (χ4n) is 1.69. The first kappa shape index (κ1) is 11.7. The molecule has 2 heterocycles. The number of hydrogen-bond donors (Lipinski definition) is 0. The zero-order valence-corrected chi connectivity index (χ0v) is 9.94. The first-order valence-electron chi connectivity index (χ1n) is 4.98. The van der Waals surface area contributed by atoms with Gasteiger partial charge in [0, 0.05) is 18.9 Å². The van der Waals surface area contributed by atoms with E-state index >= 15 is 0 Å². The fourth-order valence-corrected chi connectivity index (χ4v) is 1.82. The van der Waals surface area contributed by atoms with Gasteiger partial charge < -0.3 is 4.74 Å². The highest BCUT2D eigenvalue weighted by Gasteiger charge is 2.32. The third-order valence-electron chi connectivity index (χ3n) is 2.50. The van der Waals surface area contributed by atoms with E-state index in [1.54, 1.807) is 0 Å². The van der Waals surface area contributed by atoms with Gasteiger partial charge in [0.25, 0.3) is 5.88 Å². The highest BCUT2D eigenvalue weighted by Crippen LogP contribution is 2.30. The van der Waals surface area contributed by atoms with Crippen molar-refractivity contribution in [2.75, 3.05) is 18.6 Å². The molecule has 1 aliphatic rings. The average molecular weight is 252 g/mol. The topological polar surface area (TPSA) is 55.3 Å². The van der Waals surface area contributed by atoms with Crippen LogP contribution >= 0.6 is 11.6 Å². The Bertz CT molecular complexity index is 498. The first-order chi connectivity index (χ1) is 8.15. The Morgan fingerprint density at radius 2 is 2.47 bits per heavy atom. The second kappa shape index (κ2) is 4.60. The van der Waals surface area contributed by atoms with E-state index in [0.29, 0.717) is 18.8 Å². The van der Waals surface area contributed by atoms with E-state index in [9.17, 15) is 4.79 Å². The molecule has 1 aromatic rings. The lowest BCUT2D eigenvalue weighted by Gasteiger charge is -2.16. The normalized spacial score (nSPS) is 19.2. The molecule has 1 fully saturated rings. The summed E-state index contributed by atoms with van der Waals surface area (Å²) >= 11 is 5.71. The second-order valence-electron chi connectivity index (χ2n) is 3.60. The predicted molar refractivity (Wildman–Crippen MR) is 62.9 cm³/mol. The maximum absolute atomic E-state index is 11.8. The molecule has 1 amide bonds. The molecular weight excluding hydrogens is 242 g/mol. The largest absolute Gasteiger partial charge is 0.478 e. The lowest BCUT2D eigenvalue weighted by molar-refractivity contribution is -0.117. The number of anilines is 1. The highest BCUT2D eigenvalue weighted by atomic mass is 35.5. The van der Waals surface area contributed by atoms with Crippen LogP contribution in [0.2, 0.25) is 5.15 Å². The second-order valence-corrected chi connectivity index (χ2v) is 3.98. The number of aromatic nitrogens is 2. The van der Waals surface area contributed by atoms with Crippen LogP contribution in [0.25, 0.3) is 0 Å². The van der Waals surface area contributed by atoms with Crippen molar-refractivity contribution < 1.29 is 9.53 Å². The van der Waals surface area contributed by atoms with Gasteiger partial charge in [-0.05, 0) is 0 Å². The minimum atomic E-state index is -0.0929. The Labute approximate surface area is 104 Å². The number of nitrogens with zero attached hydrogens (tertiary/aromatic N) is 3. The molecule has 1 saturated heterocycles. The third-order valence-corrected chi connectivity index (χ3v) is 2.68. The molecule has 1 aromatic heterocycles. The van der Waals surface area contributed by atoms with Gasteiger partial charge in [0.05, 0.1) is 13.3 Å². The van der Waals surface area contributed by atoms with E-state index < -0.39 is 0 Å². The lowest BCUT2D eigenvalue weighted by Crippen LogP contribution is -2.26. The summed E-state index contributed by atoms with van der Waals surface area (Å²) < 4.78 is 5.05. The van der Waals surface area contributed by atoms with Gasteiger partial charge in [-0.1, -0.05) is 11.6 Å². The summed E-state index contributed by atoms with van der Waals surface area (Å²) in [5.41, 5.74) is 0. The van der Waals surface area contributed by atoms with E-state index in [4.69, 9.17) is 22.8 Å². The Hall–Kier alpha value is -1.80. The Balaban J connectivity index is 2.35. The fraction of sp³-hybridized carbons (Fsp3) is 0.364. The summed E-state index contributed by atoms with van der Waals surface area (Å²) in [5.74, 6) is 2.98. The predicted octanol–water partition coefficient (Wildman–Crippen LogP) is 1.12. The number of halogens is 1. The summed E-state index contributed by atoms with van der Waals surface area (Å²) in [4.78, 5) is 21.3. The van der Waals surface area contributed by atoms with Crippen molar-refractivity contribution in [3.05, 3.63) is 11.3 Å². The molecule has 0 aromatic carbocycles. The quantitative estimate of drug-likeness (QED) is 0.740. The van der Waals surface area contributed by atoms with Gasteiger partial charge in [0.2, 0.25) is 5.91 Å². The molecule has 0 radical (unpaired) electrons. The Morgan fingerprint density at radius 1 is 1.71 bits per heavy atom. The van der Waals surface area contributed by atoms with Crippen molar-refractivity contribution in [1.29, 1.82) is 0 Å². The highest BCUT2D eigenvalue weighted by molar-refractivity contribution is 6.29. The number of amides is 1. The number of carbonyl (C=O) groups excluding carboxylic acids is 1. The maximum Gasteiger partial charge on any atom is 0.259 e. The van der Waals surface area contributed by atoms with Gasteiger partial charge in [-0.15, -0.1) is 12.3 Å². The summed E-state index contributed by atoms with van der Waals surface area (Å²) in [6, 6.07) is 0. The Kier molecular flexibility index (Phi) is 3.16. The van der Waals surface area contributed by atoms with Crippen molar-refractivity contribution >= 4 is 23.3 Å². The average Bonchev–Trinajstić information content (AvgIpc) is 2.70. The summed E-state index contributed by atoms with van der Waals surface area (Å²) in [7, 11) is 1.45. The van der Waals surface area contributed by atoms with Crippen LogP contribution in [0.3, 0.4) is 0 Å². The molecule has 88 valence electrons. The molecule has 0 aliphatic carbocycles. The SMILES string of the molecule is C#CC1CC(=O)N(c2ncc(Cl)nc2OC)C1. The van der Waals surface area contributed by atoms with Crippen LogP contribution < -0.4 is 9.64 Å². The summed E-state index contributed by atoms with van der Waals surface area (Å²) in [6.07, 6.45) is 7.01. The zero-order valence-electron chi connectivity index (χ0n) is 9.18. The Morgan fingerprint density at radius 3 is 3.06 bits per heavy atom.